The second-order valence-electron chi connectivity index (χ2n) is 3.93. The molecule has 1 N–H and O–H groups in total. The number of aryl methyl sites for hydroxylation is 1. The summed E-state index contributed by atoms with van der Waals surface area (Å²) in [5, 5.41) is 2.96. The summed E-state index contributed by atoms with van der Waals surface area (Å²) < 4.78 is 18.2. The van der Waals surface area contributed by atoms with Crippen molar-refractivity contribution in [2.45, 2.75) is 6.92 Å². The fourth-order valence-electron chi connectivity index (χ4n) is 1.62. The highest BCUT2D eigenvalue weighted by Crippen LogP contribution is 2.21. The van der Waals surface area contributed by atoms with Gasteiger partial charge < -0.3 is 9.73 Å². The summed E-state index contributed by atoms with van der Waals surface area (Å²) in [7, 11) is 0. The topological polar surface area (TPSA) is 51.0 Å². The summed E-state index contributed by atoms with van der Waals surface area (Å²) >= 11 is 0. The normalized spacial score (nSPS) is 10.8. The summed E-state index contributed by atoms with van der Waals surface area (Å²) in [6, 6.07) is 9.98. The van der Waals surface area contributed by atoms with Gasteiger partial charge in [-0.2, -0.15) is 4.98 Å². The quantitative estimate of drug-likeness (QED) is 0.749. The molecule has 0 saturated heterocycles. The molecule has 0 unspecified atom stereocenters. The molecule has 4 nitrogen and oxygen atoms in total. The first-order valence-electron chi connectivity index (χ1n) is 5.47. The van der Waals surface area contributed by atoms with E-state index < -0.39 is 0 Å². The Labute approximate surface area is 102 Å². The van der Waals surface area contributed by atoms with Crippen LogP contribution in [0.1, 0.15) is 5.69 Å². The second-order valence-corrected chi connectivity index (χ2v) is 3.93. The molecule has 0 aliphatic rings. The number of hydrogen-bond acceptors (Lipinski definition) is 4. The number of hydrogen-bond donors (Lipinski definition) is 1. The van der Waals surface area contributed by atoms with E-state index in [1.807, 2.05) is 19.1 Å². The summed E-state index contributed by atoms with van der Waals surface area (Å²) in [6.45, 7) is 1.89. The summed E-state index contributed by atoms with van der Waals surface area (Å²) in [5.41, 5.74) is 2.76. The molecular formula is C13H10FN3O. The van der Waals surface area contributed by atoms with Crippen LogP contribution in [0.5, 0.6) is 0 Å². The lowest BCUT2D eigenvalue weighted by molar-refractivity contribution is 0.621. The Morgan fingerprint density at radius 2 is 1.83 bits per heavy atom. The smallest absolute Gasteiger partial charge is 0.301 e. The third-order valence-electron chi connectivity index (χ3n) is 2.49. The van der Waals surface area contributed by atoms with Crippen molar-refractivity contribution in [2.24, 2.45) is 0 Å². The predicted octanol–water partition coefficient (Wildman–Crippen LogP) is 3.41. The van der Waals surface area contributed by atoms with Gasteiger partial charge >= 0.3 is 6.01 Å². The van der Waals surface area contributed by atoms with Gasteiger partial charge in [0.25, 0.3) is 0 Å². The van der Waals surface area contributed by atoms with Gasteiger partial charge in [-0.3, -0.25) is 0 Å². The molecule has 0 spiro atoms. The lowest BCUT2D eigenvalue weighted by atomic mass is 10.3. The molecule has 2 aromatic heterocycles. The van der Waals surface area contributed by atoms with Crippen LogP contribution in [-0.4, -0.2) is 9.97 Å². The summed E-state index contributed by atoms with van der Waals surface area (Å²) in [6.07, 6.45) is 0. The zero-order chi connectivity index (χ0) is 12.5. The average Bonchev–Trinajstić information content (AvgIpc) is 2.73. The maximum atomic E-state index is 12.8. The molecule has 0 radical (unpaired) electrons. The molecule has 0 fully saturated rings. The molecule has 18 heavy (non-hydrogen) atoms. The number of fused-ring (bicyclic) bond motifs is 1. The van der Waals surface area contributed by atoms with Gasteiger partial charge in [0.15, 0.2) is 5.58 Å². The summed E-state index contributed by atoms with van der Waals surface area (Å²) in [5.74, 6) is -0.282. The number of nitrogens with zero attached hydrogens (tertiary/aromatic N) is 2. The predicted molar refractivity (Wildman–Crippen MR) is 66.2 cm³/mol. The zero-order valence-electron chi connectivity index (χ0n) is 9.64. The molecule has 2 heterocycles. The van der Waals surface area contributed by atoms with Crippen molar-refractivity contribution in [3.05, 3.63) is 47.9 Å². The second kappa shape index (κ2) is 4.10. The van der Waals surface area contributed by atoms with Crippen molar-refractivity contribution in [1.29, 1.82) is 0 Å². The van der Waals surface area contributed by atoms with Crippen molar-refractivity contribution in [1.82, 2.24) is 9.97 Å². The highest BCUT2D eigenvalue weighted by Gasteiger charge is 2.07. The first kappa shape index (κ1) is 10.7. The van der Waals surface area contributed by atoms with E-state index in [1.165, 1.54) is 12.1 Å². The van der Waals surface area contributed by atoms with Crippen molar-refractivity contribution >= 4 is 22.9 Å². The maximum Gasteiger partial charge on any atom is 0.301 e. The van der Waals surface area contributed by atoms with Crippen molar-refractivity contribution in [3.8, 4) is 0 Å². The van der Waals surface area contributed by atoms with Crippen molar-refractivity contribution in [2.75, 3.05) is 5.32 Å². The number of pyridine rings is 1. The Morgan fingerprint density at radius 1 is 1.06 bits per heavy atom. The third-order valence-corrected chi connectivity index (χ3v) is 2.49. The molecule has 3 aromatic rings. The first-order chi connectivity index (χ1) is 8.70. The van der Waals surface area contributed by atoms with Gasteiger partial charge in [-0.25, -0.2) is 9.37 Å². The maximum absolute atomic E-state index is 12.8. The van der Waals surface area contributed by atoms with E-state index in [0.717, 1.165) is 5.69 Å². The van der Waals surface area contributed by atoms with Crippen LogP contribution in [0.15, 0.2) is 40.8 Å². The molecule has 0 aliphatic carbocycles. The lowest BCUT2D eigenvalue weighted by Crippen LogP contribution is -1.90. The molecule has 3 rings (SSSR count). The van der Waals surface area contributed by atoms with E-state index in [4.69, 9.17) is 4.42 Å². The molecule has 0 amide bonds. The Bertz CT molecular complexity index is 691. The fraction of sp³-hybridized carbons (Fsp3) is 0.0769. The molecule has 1 aromatic carbocycles. The van der Waals surface area contributed by atoms with E-state index >= 15 is 0 Å². The summed E-state index contributed by atoms with van der Waals surface area (Å²) in [4.78, 5) is 8.46. The lowest BCUT2D eigenvalue weighted by Gasteiger charge is -1.99. The molecular weight excluding hydrogens is 233 g/mol. The van der Waals surface area contributed by atoms with Gasteiger partial charge in [0.05, 0.1) is 0 Å². The molecule has 0 saturated carbocycles. The zero-order valence-corrected chi connectivity index (χ0v) is 9.64. The van der Waals surface area contributed by atoms with Crippen molar-refractivity contribution < 1.29 is 8.81 Å². The first-order valence-corrected chi connectivity index (χ1v) is 5.47. The van der Waals surface area contributed by atoms with Gasteiger partial charge in [-0.15, -0.1) is 0 Å². The number of oxazole rings is 1. The molecule has 0 atom stereocenters. The van der Waals surface area contributed by atoms with Crippen LogP contribution in [0.4, 0.5) is 16.1 Å². The van der Waals surface area contributed by atoms with Crippen LogP contribution in [0.2, 0.25) is 0 Å². The molecule has 0 aliphatic heterocycles. The monoisotopic (exact) mass is 243 g/mol. The number of rotatable bonds is 2. The van der Waals surface area contributed by atoms with Crippen LogP contribution >= 0.6 is 0 Å². The van der Waals surface area contributed by atoms with E-state index in [-0.39, 0.29) is 5.82 Å². The molecule has 5 heteroatoms. The van der Waals surface area contributed by atoms with Crippen molar-refractivity contribution in [3.63, 3.8) is 0 Å². The Morgan fingerprint density at radius 3 is 2.61 bits per heavy atom. The van der Waals surface area contributed by atoms with E-state index in [1.54, 1.807) is 12.1 Å². The standard InChI is InChI=1S/C13H10FN3O/c1-8-2-7-11-12(15-8)17-13(18-11)16-10-5-3-9(14)4-6-10/h2-7H,1H3,(H,15,16,17). The van der Waals surface area contributed by atoms with Crippen LogP contribution < -0.4 is 5.32 Å². The number of halogens is 1. The number of nitrogens with one attached hydrogen (secondary N) is 1. The average molecular weight is 243 g/mol. The van der Waals surface area contributed by atoms with E-state index in [9.17, 15) is 4.39 Å². The highest BCUT2D eigenvalue weighted by atomic mass is 19.1. The van der Waals surface area contributed by atoms with Gasteiger partial charge in [0.2, 0.25) is 5.65 Å². The largest absolute Gasteiger partial charge is 0.422 e. The van der Waals surface area contributed by atoms with Gasteiger partial charge in [-0.05, 0) is 43.3 Å². The minimum atomic E-state index is -0.282. The third kappa shape index (κ3) is 2.02. The number of benzene rings is 1. The Hall–Kier alpha value is -2.43. The highest BCUT2D eigenvalue weighted by molar-refractivity contribution is 5.71. The Balaban J connectivity index is 1.92. The minimum absolute atomic E-state index is 0.282. The van der Waals surface area contributed by atoms with Crippen LogP contribution in [0.25, 0.3) is 11.2 Å². The van der Waals surface area contributed by atoms with Gasteiger partial charge in [0.1, 0.15) is 5.82 Å². The van der Waals surface area contributed by atoms with Crippen LogP contribution in [-0.2, 0) is 0 Å². The number of anilines is 2. The van der Waals surface area contributed by atoms with Crippen LogP contribution in [0.3, 0.4) is 0 Å². The van der Waals surface area contributed by atoms with E-state index in [0.29, 0.717) is 22.9 Å². The SMILES string of the molecule is Cc1ccc2oc(Nc3ccc(F)cc3)nc2n1. The fourth-order valence-corrected chi connectivity index (χ4v) is 1.62. The minimum Gasteiger partial charge on any atom is -0.422 e. The van der Waals surface area contributed by atoms with E-state index in [2.05, 4.69) is 15.3 Å². The Kier molecular flexibility index (Phi) is 2.44. The van der Waals surface area contributed by atoms with Crippen LogP contribution in [0, 0.1) is 12.7 Å². The number of aromatic nitrogens is 2. The molecule has 0 bridgehead atoms. The molecule has 90 valence electrons. The van der Waals surface area contributed by atoms with Gasteiger partial charge in [0, 0.05) is 11.4 Å². The van der Waals surface area contributed by atoms with Gasteiger partial charge in [-0.1, -0.05) is 0 Å².